The predicted molar refractivity (Wildman–Crippen MR) is 86.5 cm³/mol. The van der Waals surface area contributed by atoms with E-state index in [0.717, 1.165) is 5.56 Å². The Morgan fingerprint density at radius 1 is 1.32 bits per heavy atom. The molecule has 7 heteroatoms. The van der Waals surface area contributed by atoms with E-state index in [-0.39, 0.29) is 11.6 Å². The number of amides is 1. The highest BCUT2D eigenvalue weighted by Gasteiger charge is 2.10. The molecule has 0 saturated carbocycles. The standard InChI is InChI=1S/C15H17ClN4O2/c1-10-7-11(16)3-4-12(10)20-15(21)13-8-14(19-9-18-13)17-5-6-22-2/h3-4,7-9H,5-6H2,1-2H3,(H,20,21)(H,17,18,19). The molecule has 22 heavy (non-hydrogen) atoms. The van der Waals surface area contributed by atoms with Crippen LogP contribution < -0.4 is 10.6 Å². The van der Waals surface area contributed by atoms with Crippen molar-refractivity contribution in [3.63, 3.8) is 0 Å². The van der Waals surface area contributed by atoms with Crippen LogP contribution in [0, 0.1) is 6.92 Å². The SMILES string of the molecule is COCCNc1cc(C(=O)Nc2ccc(Cl)cc2C)ncn1. The summed E-state index contributed by atoms with van der Waals surface area (Å²) in [6.07, 6.45) is 1.35. The Hall–Kier alpha value is -2.18. The van der Waals surface area contributed by atoms with Crippen LogP contribution in [0.4, 0.5) is 11.5 Å². The maximum Gasteiger partial charge on any atom is 0.274 e. The first kappa shape index (κ1) is 16.2. The van der Waals surface area contributed by atoms with Crippen molar-refractivity contribution in [2.24, 2.45) is 0 Å². The van der Waals surface area contributed by atoms with Gasteiger partial charge in [0.25, 0.3) is 5.91 Å². The summed E-state index contributed by atoms with van der Waals surface area (Å²) in [5, 5.41) is 6.48. The predicted octanol–water partition coefficient (Wildman–Crippen LogP) is 2.75. The van der Waals surface area contributed by atoms with Crippen molar-refractivity contribution >= 4 is 29.0 Å². The number of nitrogens with zero attached hydrogens (tertiary/aromatic N) is 2. The fourth-order valence-corrected chi connectivity index (χ4v) is 2.04. The number of hydrogen-bond donors (Lipinski definition) is 2. The number of anilines is 2. The van der Waals surface area contributed by atoms with Crippen molar-refractivity contribution in [2.75, 3.05) is 30.9 Å². The number of carbonyl (C=O) groups is 1. The van der Waals surface area contributed by atoms with Gasteiger partial charge in [0.05, 0.1) is 6.61 Å². The summed E-state index contributed by atoms with van der Waals surface area (Å²) in [5.74, 6) is 0.271. The average molecular weight is 321 g/mol. The Morgan fingerprint density at radius 2 is 2.14 bits per heavy atom. The first-order valence-corrected chi connectivity index (χ1v) is 7.10. The third kappa shape index (κ3) is 4.41. The quantitative estimate of drug-likeness (QED) is 0.800. The van der Waals surface area contributed by atoms with Gasteiger partial charge < -0.3 is 15.4 Å². The molecule has 0 saturated heterocycles. The number of methoxy groups -OCH3 is 1. The molecule has 0 atom stereocenters. The molecule has 0 aliphatic rings. The Morgan fingerprint density at radius 3 is 2.86 bits per heavy atom. The van der Waals surface area contributed by atoms with E-state index in [1.165, 1.54) is 6.33 Å². The van der Waals surface area contributed by atoms with Gasteiger partial charge in [0.1, 0.15) is 17.8 Å². The van der Waals surface area contributed by atoms with Gasteiger partial charge in [-0.25, -0.2) is 9.97 Å². The van der Waals surface area contributed by atoms with Crippen LogP contribution in [0.2, 0.25) is 5.02 Å². The van der Waals surface area contributed by atoms with Crippen LogP contribution in [0.1, 0.15) is 16.1 Å². The van der Waals surface area contributed by atoms with Crippen LogP contribution in [0.25, 0.3) is 0 Å². The Kier molecular flexibility index (Phi) is 5.68. The molecule has 1 amide bonds. The van der Waals surface area contributed by atoms with Crippen LogP contribution in [-0.2, 0) is 4.74 Å². The highest BCUT2D eigenvalue weighted by atomic mass is 35.5. The van der Waals surface area contributed by atoms with E-state index in [0.29, 0.717) is 29.7 Å². The van der Waals surface area contributed by atoms with Gasteiger partial charge in [-0.3, -0.25) is 4.79 Å². The van der Waals surface area contributed by atoms with E-state index >= 15 is 0 Å². The van der Waals surface area contributed by atoms with Gasteiger partial charge in [0.15, 0.2) is 0 Å². The van der Waals surface area contributed by atoms with E-state index in [2.05, 4.69) is 20.6 Å². The van der Waals surface area contributed by atoms with Gasteiger partial charge >= 0.3 is 0 Å². The minimum absolute atomic E-state index is 0.282. The molecule has 2 N–H and O–H groups in total. The second kappa shape index (κ2) is 7.72. The molecule has 1 heterocycles. The highest BCUT2D eigenvalue weighted by molar-refractivity contribution is 6.30. The van der Waals surface area contributed by atoms with Crippen molar-refractivity contribution in [3.05, 3.63) is 46.9 Å². The molecule has 0 aliphatic carbocycles. The normalized spacial score (nSPS) is 10.3. The van der Waals surface area contributed by atoms with Gasteiger partial charge in [-0.2, -0.15) is 0 Å². The van der Waals surface area contributed by atoms with E-state index in [1.54, 1.807) is 31.4 Å². The van der Waals surface area contributed by atoms with E-state index in [4.69, 9.17) is 16.3 Å². The summed E-state index contributed by atoms with van der Waals surface area (Å²) in [6.45, 7) is 3.03. The molecule has 2 rings (SSSR count). The first-order valence-electron chi connectivity index (χ1n) is 6.72. The van der Waals surface area contributed by atoms with Crippen molar-refractivity contribution < 1.29 is 9.53 Å². The van der Waals surface area contributed by atoms with Crippen LogP contribution in [-0.4, -0.2) is 36.1 Å². The van der Waals surface area contributed by atoms with E-state index in [9.17, 15) is 4.79 Å². The van der Waals surface area contributed by atoms with E-state index in [1.807, 2.05) is 6.92 Å². The molecule has 0 spiro atoms. The van der Waals surface area contributed by atoms with E-state index < -0.39 is 0 Å². The molecule has 0 unspecified atom stereocenters. The zero-order chi connectivity index (χ0) is 15.9. The molecule has 116 valence electrons. The fraction of sp³-hybridized carbons (Fsp3) is 0.267. The van der Waals surface area contributed by atoms with Crippen molar-refractivity contribution in [2.45, 2.75) is 6.92 Å². The lowest BCUT2D eigenvalue weighted by Gasteiger charge is -2.09. The molecular formula is C15H17ClN4O2. The fourth-order valence-electron chi connectivity index (χ4n) is 1.81. The number of halogens is 1. The summed E-state index contributed by atoms with van der Waals surface area (Å²) in [5.41, 5.74) is 1.86. The molecular weight excluding hydrogens is 304 g/mol. The smallest absolute Gasteiger partial charge is 0.274 e. The zero-order valence-electron chi connectivity index (χ0n) is 12.4. The van der Waals surface area contributed by atoms with Crippen LogP contribution in [0.3, 0.4) is 0 Å². The lowest BCUT2D eigenvalue weighted by atomic mass is 10.2. The average Bonchev–Trinajstić information content (AvgIpc) is 2.50. The molecule has 0 radical (unpaired) electrons. The van der Waals surface area contributed by atoms with Gasteiger partial charge in [0.2, 0.25) is 0 Å². The van der Waals surface area contributed by atoms with Gasteiger partial charge in [-0.15, -0.1) is 0 Å². The number of aromatic nitrogens is 2. The van der Waals surface area contributed by atoms with Crippen LogP contribution in [0.5, 0.6) is 0 Å². The number of nitrogens with one attached hydrogen (secondary N) is 2. The maximum absolute atomic E-state index is 12.2. The lowest BCUT2D eigenvalue weighted by molar-refractivity contribution is 0.102. The monoisotopic (exact) mass is 320 g/mol. The summed E-state index contributed by atoms with van der Waals surface area (Å²) in [7, 11) is 1.62. The molecule has 0 bridgehead atoms. The highest BCUT2D eigenvalue weighted by Crippen LogP contribution is 2.20. The summed E-state index contributed by atoms with van der Waals surface area (Å²) in [4.78, 5) is 20.3. The summed E-state index contributed by atoms with van der Waals surface area (Å²) >= 11 is 5.90. The summed E-state index contributed by atoms with van der Waals surface area (Å²) in [6, 6.07) is 6.86. The minimum Gasteiger partial charge on any atom is -0.383 e. The van der Waals surface area contributed by atoms with Crippen molar-refractivity contribution in [3.8, 4) is 0 Å². The van der Waals surface area contributed by atoms with Crippen molar-refractivity contribution in [1.29, 1.82) is 0 Å². The van der Waals surface area contributed by atoms with Crippen LogP contribution >= 0.6 is 11.6 Å². The number of ether oxygens (including phenoxy) is 1. The number of aryl methyl sites for hydroxylation is 1. The lowest BCUT2D eigenvalue weighted by Crippen LogP contribution is -2.16. The number of rotatable bonds is 6. The van der Waals surface area contributed by atoms with Gasteiger partial charge in [-0.1, -0.05) is 11.6 Å². The number of carbonyl (C=O) groups excluding carboxylic acids is 1. The third-order valence-electron chi connectivity index (χ3n) is 2.95. The summed E-state index contributed by atoms with van der Waals surface area (Å²) < 4.78 is 4.95. The zero-order valence-corrected chi connectivity index (χ0v) is 13.1. The molecule has 1 aromatic heterocycles. The molecule has 2 aromatic rings. The largest absolute Gasteiger partial charge is 0.383 e. The van der Waals surface area contributed by atoms with Gasteiger partial charge in [0, 0.05) is 30.4 Å². The van der Waals surface area contributed by atoms with Crippen LogP contribution in [0.15, 0.2) is 30.6 Å². The Balaban J connectivity index is 2.07. The Bertz CT molecular complexity index is 664. The number of hydrogen-bond acceptors (Lipinski definition) is 5. The topological polar surface area (TPSA) is 76.1 Å². The second-order valence-corrected chi connectivity index (χ2v) is 5.06. The number of benzene rings is 1. The Labute approximate surface area is 133 Å². The third-order valence-corrected chi connectivity index (χ3v) is 3.18. The second-order valence-electron chi connectivity index (χ2n) is 4.62. The minimum atomic E-state index is -0.303. The molecule has 0 aliphatic heterocycles. The first-order chi connectivity index (χ1) is 10.6. The molecule has 1 aromatic carbocycles. The molecule has 6 nitrogen and oxygen atoms in total. The van der Waals surface area contributed by atoms with Crippen molar-refractivity contribution in [1.82, 2.24) is 9.97 Å². The van der Waals surface area contributed by atoms with Gasteiger partial charge in [-0.05, 0) is 30.7 Å². The molecule has 0 fully saturated rings. The maximum atomic E-state index is 12.2.